The third-order valence-corrected chi connectivity index (χ3v) is 7.63. The Morgan fingerprint density at radius 1 is 0.362 bits per heavy atom. The number of benzene rings is 1. The van der Waals surface area contributed by atoms with Gasteiger partial charge < -0.3 is 0 Å². The van der Waals surface area contributed by atoms with E-state index in [9.17, 15) is 94.8 Å². The van der Waals surface area contributed by atoms with Crippen molar-refractivity contribution in [3.63, 3.8) is 0 Å². The maximum Gasteiger partial charge on any atom is 0.451 e. The molecule has 0 atom stereocenters. The van der Waals surface area contributed by atoms with Gasteiger partial charge in [-0.3, -0.25) is 0 Å². The minimum absolute atomic E-state index is 1.07. The van der Waals surface area contributed by atoms with E-state index in [4.69, 9.17) is 0 Å². The molecule has 1 aromatic carbocycles. The fraction of sp³-hybridized carbons (Fsp3) is 0.125. The van der Waals surface area contributed by atoms with Crippen LogP contribution in [0.5, 0.6) is 0 Å². The molecule has 2 heterocycles. The van der Waals surface area contributed by atoms with Crippen LogP contribution in [-0.2, 0) is 24.7 Å². The SMILES string of the molecule is N#CC(C#N)=C1C(c2nc(C(F)(F)F)nc(C(F)(F)F)n2)=C(C#N)c2c(C#N)c3c(c(C#N)c21)C(=C(C#N)C#N)C(c1nc(C(F)(F)F)nc(C(F)(F)F)n1)=C3C#N. The molecular formula is C32F12N14. The number of hydrogen-bond acceptors (Lipinski definition) is 14. The van der Waals surface area contributed by atoms with Gasteiger partial charge in [-0.1, -0.05) is 0 Å². The van der Waals surface area contributed by atoms with E-state index < -0.39 is 138 Å². The molecule has 0 spiro atoms. The van der Waals surface area contributed by atoms with Gasteiger partial charge >= 0.3 is 24.7 Å². The summed E-state index contributed by atoms with van der Waals surface area (Å²) >= 11 is 0. The second-order valence-electron chi connectivity index (χ2n) is 10.7. The molecule has 2 aromatic heterocycles. The predicted octanol–water partition coefficient (Wildman–Crippen LogP) is 6.37. The van der Waals surface area contributed by atoms with Gasteiger partial charge in [0, 0.05) is 44.5 Å². The third kappa shape index (κ3) is 6.25. The van der Waals surface area contributed by atoms with Crippen LogP contribution >= 0.6 is 0 Å². The maximum atomic E-state index is 13.8. The van der Waals surface area contributed by atoms with Crippen molar-refractivity contribution in [1.29, 1.82) is 42.1 Å². The lowest BCUT2D eigenvalue weighted by molar-refractivity contribution is -0.156. The van der Waals surface area contributed by atoms with Crippen LogP contribution < -0.4 is 0 Å². The average Bonchev–Trinajstić information content (AvgIpc) is 3.67. The Balaban J connectivity index is 2.14. The maximum absolute atomic E-state index is 13.8. The van der Waals surface area contributed by atoms with Crippen LogP contribution in [0.15, 0.2) is 11.1 Å². The molecule has 282 valence electrons. The summed E-state index contributed by atoms with van der Waals surface area (Å²) in [6.07, 6.45) is -23.1. The van der Waals surface area contributed by atoms with Crippen LogP contribution in [0.4, 0.5) is 52.7 Å². The molecule has 0 fully saturated rings. The van der Waals surface area contributed by atoms with Gasteiger partial charge in [0.15, 0.2) is 11.6 Å². The fourth-order valence-electron chi connectivity index (χ4n) is 5.65. The molecule has 0 N–H and O–H groups in total. The summed E-state index contributed by atoms with van der Waals surface area (Å²) in [5, 5.41) is 81.4. The van der Waals surface area contributed by atoms with Gasteiger partial charge in [0.2, 0.25) is 23.3 Å². The summed E-state index contributed by atoms with van der Waals surface area (Å²) in [5.41, 5.74) is -17.1. The van der Waals surface area contributed by atoms with Gasteiger partial charge in [-0.15, -0.1) is 0 Å². The van der Waals surface area contributed by atoms with E-state index >= 15 is 0 Å². The summed E-state index contributed by atoms with van der Waals surface area (Å²) in [7, 11) is 0. The lowest BCUT2D eigenvalue weighted by atomic mass is 9.83. The van der Waals surface area contributed by atoms with E-state index in [2.05, 4.69) is 29.9 Å². The molecule has 26 heteroatoms. The number of hydrogen-bond donors (Lipinski definition) is 0. The highest BCUT2D eigenvalue weighted by Crippen LogP contribution is 2.57. The van der Waals surface area contributed by atoms with Gasteiger partial charge in [0.05, 0.1) is 22.3 Å². The van der Waals surface area contributed by atoms with Gasteiger partial charge in [-0.05, 0) is 0 Å². The lowest BCUT2D eigenvalue weighted by Gasteiger charge is -2.16. The Hall–Kier alpha value is -8.72. The molecular weight excluding hydrogens is 808 g/mol. The number of allylic oxidation sites excluding steroid dienone is 8. The van der Waals surface area contributed by atoms with Crippen molar-refractivity contribution < 1.29 is 52.7 Å². The zero-order valence-electron chi connectivity index (χ0n) is 26.8. The number of nitrogens with zero attached hydrogens (tertiary/aromatic N) is 14. The molecule has 2 aliphatic carbocycles. The van der Waals surface area contributed by atoms with Crippen molar-refractivity contribution in [1.82, 2.24) is 29.9 Å². The van der Waals surface area contributed by atoms with Crippen molar-refractivity contribution in [3.8, 4) is 48.6 Å². The first kappa shape index (κ1) is 40.5. The molecule has 2 aliphatic rings. The van der Waals surface area contributed by atoms with Crippen molar-refractivity contribution in [2.24, 2.45) is 0 Å². The smallest absolute Gasteiger partial charge is 0.204 e. The molecule has 0 amide bonds. The summed E-state index contributed by atoms with van der Waals surface area (Å²) in [5.74, 6) is -13.7. The molecule has 3 aromatic rings. The topological polar surface area (TPSA) is 268 Å². The number of nitriles is 8. The molecule has 58 heavy (non-hydrogen) atoms. The van der Waals surface area contributed by atoms with E-state index in [1.165, 1.54) is 48.6 Å². The van der Waals surface area contributed by atoms with Crippen LogP contribution in [0.1, 0.15) is 68.3 Å². The van der Waals surface area contributed by atoms with Crippen LogP contribution in [0.3, 0.4) is 0 Å². The third-order valence-electron chi connectivity index (χ3n) is 7.63. The van der Waals surface area contributed by atoms with Gasteiger partial charge in [0.1, 0.15) is 59.7 Å². The Morgan fingerprint density at radius 3 is 0.828 bits per heavy atom. The molecule has 0 saturated heterocycles. The fourth-order valence-corrected chi connectivity index (χ4v) is 5.65. The minimum Gasteiger partial charge on any atom is -0.204 e. The van der Waals surface area contributed by atoms with Crippen LogP contribution in [0.25, 0.3) is 33.4 Å². The van der Waals surface area contributed by atoms with E-state index in [0.29, 0.717) is 0 Å². The number of rotatable bonds is 2. The monoisotopic (exact) mass is 808 g/mol. The highest BCUT2D eigenvalue weighted by molar-refractivity contribution is 6.31. The van der Waals surface area contributed by atoms with E-state index in [1.54, 1.807) is 0 Å². The largest absolute Gasteiger partial charge is 0.451 e. The summed E-state index contributed by atoms with van der Waals surface area (Å²) in [4.78, 5) is 16.4. The normalized spacial score (nSPS) is 13.5. The first-order valence-electron chi connectivity index (χ1n) is 14.2. The molecule has 0 aliphatic heterocycles. The average molecular weight is 808 g/mol. The van der Waals surface area contributed by atoms with Crippen LogP contribution in [0, 0.1) is 90.6 Å². The Labute approximate surface area is 311 Å². The number of fused-ring (bicyclic) bond motifs is 2. The Kier molecular flexibility index (Phi) is 9.45. The first-order valence-corrected chi connectivity index (χ1v) is 14.2. The van der Waals surface area contributed by atoms with E-state index in [0.717, 1.165) is 0 Å². The molecule has 0 radical (unpaired) electrons. The van der Waals surface area contributed by atoms with Gasteiger partial charge in [-0.25, -0.2) is 29.9 Å². The number of aromatic nitrogens is 6. The zero-order chi connectivity index (χ0) is 43.4. The quantitative estimate of drug-likeness (QED) is 0.201. The van der Waals surface area contributed by atoms with Crippen molar-refractivity contribution in [3.05, 3.63) is 79.5 Å². The summed E-state index contributed by atoms with van der Waals surface area (Å²) in [6, 6.07) is 10.3. The first-order chi connectivity index (χ1) is 27.0. The molecule has 0 unspecified atom stereocenters. The minimum atomic E-state index is -5.79. The highest BCUT2D eigenvalue weighted by Gasteiger charge is 2.48. The van der Waals surface area contributed by atoms with Crippen molar-refractivity contribution in [2.45, 2.75) is 24.7 Å². The molecule has 5 rings (SSSR count). The highest BCUT2D eigenvalue weighted by atomic mass is 19.4. The van der Waals surface area contributed by atoms with E-state index in [1.807, 2.05) is 0 Å². The van der Waals surface area contributed by atoms with Crippen molar-refractivity contribution in [2.75, 3.05) is 0 Å². The van der Waals surface area contributed by atoms with Gasteiger partial charge in [-0.2, -0.15) is 94.8 Å². The summed E-state index contributed by atoms with van der Waals surface area (Å²) < 4.78 is 166. The van der Waals surface area contributed by atoms with Gasteiger partial charge in [0.25, 0.3) is 0 Å². The molecule has 14 nitrogen and oxygen atoms in total. The summed E-state index contributed by atoms with van der Waals surface area (Å²) in [6.45, 7) is 0. The van der Waals surface area contributed by atoms with E-state index in [-0.39, 0.29) is 0 Å². The predicted molar refractivity (Wildman–Crippen MR) is 157 cm³/mol. The zero-order valence-corrected chi connectivity index (χ0v) is 26.8. The standard InChI is InChI=1S/C32F12N14/c33-29(34,35)25-53-23(54-26(57-25)30(36,37)38)21-12(6-50)17-11(5-49)18-13(7-51)22(24-55-27(31(39,40)41)58-28(56-24)32(42,43)44)16(10(3-47)4-48)20(18)14(8-52)19(17)15(21)9(1-45)2-46. The second-order valence-corrected chi connectivity index (χ2v) is 10.7. The Morgan fingerprint density at radius 2 is 0.621 bits per heavy atom. The lowest BCUT2D eigenvalue weighted by Crippen LogP contribution is -2.21. The Bertz CT molecular complexity index is 2640. The number of halogens is 12. The molecule has 0 bridgehead atoms. The number of alkyl halides is 12. The van der Waals surface area contributed by atoms with Crippen LogP contribution in [-0.4, -0.2) is 29.9 Å². The van der Waals surface area contributed by atoms with Crippen molar-refractivity contribution >= 4 is 33.4 Å². The molecule has 0 saturated carbocycles. The van der Waals surface area contributed by atoms with Crippen LogP contribution in [0.2, 0.25) is 0 Å². The second kappa shape index (κ2) is 13.5.